The predicted octanol–water partition coefficient (Wildman–Crippen LogP) is 7.63. The van der Waals surface area contributed by atoms with Gasteiger partial charge in [-0.15, -0.1) is 0 Å². The molecule has 1 unspecified atom stereocenters. The Morgan fingerprint density at radius 1 is 0.900 bits per heavy atom. The molecule has 0 saturated carbocycles. The first-order valence-electron chi connectivity index (χ1n) is 10.5. The Balaban J connectivity index is 1.83. The van der Waals surface area contributed by atoms with Crippen LogP contribution in [-0.2, 0) is 11.8 Å². The Labute approximate surface area is 185 Å². The van der Waals surface area contributed by atoms with Crippen LogP contribution in [0.3, 0.4) is 0 Å². The van der Waals surface area contributed by atoms with Crippen molar-refractivity contribution < 1.29 is 4.79 Å². The van der Waals surface area contributed by atoms with Crippen LogP contribution < -0.4 is 5.32 Å². The highest BCUT2D eigenvalue weighted by Gasteiger charge is 2.19. The van der Waals surface area contributed by atoms with Gasteiger partial charge in [0.15, 0.2) is 5.78 Å². The van der Waals surface area contributed by atoms with Gasteiger partial charge in [-0.05, 0) is 52.8 Å². The summed E-state index contributed by atoms with van der Waals surface area (Å²) in [6.45, 7) is 8.67. The van der Waals surface area contributed by atoms with E-state index in [0.29, 0.717) is 11.4 Å². The Bertz CT molecular complexity index is 967. The van der Waals surface area contributed by atoms with Gasteiger partial charge in [0.2, 0.25) is 0 Å². The van der Waals surface area contributed by atoms with Crippen LogP contribution in [0.2, 0.25) is 5.02 Å². The van der Waals surface area contributed by atoms with Crippen LogP contribution in [0.15, 0.2) is 72.8 Å². The predicted molar refractivity (Wildman–Crippen MR) is 128 cm³/mol. The van der Waals surface area contributed by atoms with Crippen LogP contribution in [0.25, 0.3) is 0 Å². The molecule has 0 heterocycles. The van der Waals surface area contributed by atoms with Crippen molar-refractivity contribution in [2.75, 3.05) is 5.32 Å². The Hall–Kier alpha value is -2.58. The quantitative estimate of drug-likeness (QED) is 0.399. The van der Waals surface area contributed by atoms with Crippen LogP contribution in [-0.4, -0.2) is 5.78 Å². The molecule has 0 saturated heterocycles. The number of rotatable bonds is 7. The minimum Gasteiger partial charge on any atom is -0.378 e. The summed E-state index contributed by atoms with van der Waals surface area (Å²) < 4.78 is 0. The van der Waals surface area contributed by atoms with Gasteiger partial charge >= 0.3 is 0 Å². The molecule has 0 aliphatic heterocycles. The normalized spacial score (nSPS) is 12.4. The van der Waals surface area contributed by atoms with E-state index in [1.165, 1.54) is 11.1 Å². The van der Waals surface area contributed by atoms with E-state index >= 15 is 0 Å². The summed E-state index contributed by atoms with van der Waals surface area (Å²) in [5.74, 6) is 0.126. The zero-order valence-corrected chi connectivity index (χ0v) is 19.0. The van der Waals surface area contributed by atoms with Gasteiger partial charge < -0.3 is 5.32 Å². The number of carbonyl (C=O) groups is 1. The van der Waals surface area contributed by atoms with E-state index in [9.17, 15) is 4.79 Å². The van der Waals surface area contributed by atoms with Crippen LogP contribution in [0, 0.1) is 0 Å². The molecule has 30 heavy (non-hydrogen) atoms. The van der Waals surface area contributed by atoms with Crippen LogP contribution in [0.5, 0.6) is 0 Å². The molecule has 3 rings (SSSR count). The van der Waals surface area contributed by atoms with Gasteiger partial charge in [0.05, 0.1) is 6.04 Å². The SMILES string of the molecule is CCc1ccc(C(CC(=O)c2ccc(C(C)(C)C)cc2)Nc2ccc(Cl)cc2)cc1. The number of hydrogen-bond donors (Lipinski definition) is 1. The number of Topliss-reactive ketones (excluding diaryl/α,β-unsaturated/α-hetero) is 1. The number of anilines is 1. The van der Waals surface area contributed by atoms with Gasteiger partial charge in [0.25, 0.3) is 0 Å². The van der Waals surface area contributed by atoms with Gasteiger partial charge in [0.1, 0.15) is 0 Å². The number of aryl methyl sites for hydroxylation is 1. The van der Waals surface area contributed by atoms with Crippen molar-refractivity contribution in [3.8, 4) is 0 Å². The van der Waals surface area contributed by atoms with E-state index in [2.05, 4.69) is 69.4 Å². The average Bonchev–Trinajstić information content (AvgIpc) is 2.74. The van der Waals surface area contributed by atoms with Crippen molar-refractivity contribution in [3.63, 3.8) is 0 Å². The maximum Gasteiger partial charge on any atom is 0.165 e. The molecule has 0 fully saturated rings. The Morgan fingerprint density at radius 3 is 2.03 bits per heavy atom. The number of ketones is 1. The maximum atomic E-state index is 13.1. The monoisotopic (exact) mass is 419 g/mol. The summed E-state index contributed by atoms with van der Waals surface area (Å²) in [4.78, 5) is 13.1. The van der Waals surface area contributed by atoms with Crippen LogP contribution in [0.4, 0.5) is 5.69 Å². The van der Waals surface area contributed by atoms with E-state index in [0.717, 1.165) is 23.2 Å². The molecular formula is C27H30ClNO. The van der Waals surface area contributed by atoms with E-state index < -0.39 is 0 Å². The van der Waals surface area contributed by atoms with E-state index in [1.54, 1.807) is 0 Å². The highest BCUT2D eigenvalue weighted by Crippen LogP contribution is 2.27. The number of carbonyl (C=O) groups excluding carboxylic acids is 1. The Kier molecular flexibility index (Phi) is 6.99. The fourth-order valence-electron chi connectivity index (χ4n) is 3.44. The highest BCUT2D eigenvalue weighted by atomic mass is 35.5. The zero-order chi connectivity index (χ0) is 21.7. The lowest BCUT2D eigenvalue weighted by molar-refractivity contribution is 0.0976. The van der Waals surface area contributed by atoms with E-state index in [4.69, 9.17) is 11.6 Å². The minimum absolute atomic E-state index is 0.0707. The molecule has 1 atom stereocenters. The first kappa shape index (κ1) is 22.1. The molecule has 0 radical (unpaired) electrons. The zero-order valence-electron chi connectivity index (χ0n) is 18.2. The smallest absolute Gasteiger partial charge is 0.165 e. The molecule has 2 nitrogen and oxygen atoms in total. The molecule has 3 aromatic rings. The lowest BCUT2D eigenvalue weighted by atomic mass is 9.86. The second kappa shape index (κ2) is 9.49. The molecule has 0 aliphatic rings. The maximum absolute atomic E-state index is 13.1. The third-order valence-corrected chi connectivity index (χ3v) is 5.69. The van der Waals surface area contributed by atoms with Gasteiger partial charge in [0, 0.05) is 22.7 Å². The van der Waals surface area contributed by atoms with Crippen molar-refractivity contribution in [2.45, 2.75) is 52.0 Å². The molecule has 3 aromatic carbocycles. The summed E-state index contributed by atoms with van der Waals surface area (Å²) in [5, 5.41) is 4.21. The van der Waals surface area contributed by atoms with Crippen molar-refractivity contribution in [1.82, 2.24) is 0 Å². The fraction of sp³-hybridized carbons (Fsp3) is 0.296. The lowest BCUT2D eigenvalue weighted by Crippen LogP contribution is -2.16. The number of benzene rings is 3. The van der Waals surface area contributed by atoms with Gasteiger partial charge in [-0.25, -0.2) is 0 Å². The summed E-state index contributed by atoms with van der Waals surface area (Å²) in [5.41, 5.74) is 5.37. The standard InChI is InChI=1S/C27H30ClNO/c1-5-19-6-8-20(9-7-19)25(29-24-16-14-23(28)15-17-24)18-26(30)21-10-12-22(13-11-21)27(2,3)4/h6-17,25,29H,5,18H2,1-4H3. The second-order valence-corrected chi connectivity index (χ2v) is 9.19. The molecule has 0 amide bonds. The number of nitrogens with one attached hydrogen (secondary N) is 1. The van der Waals surface area contributed by atoms with Crippen LogP contribution in [0.1, 0.15) is 67.2 Å². The minimum atomic E-state index is -0.119. The topological polar surface area (TPSA) is 29.1 Å². The molecule has 156 valence electrons. The van der Waals surface area contributed by atoms with Crippen molar-refractivity contribution in [3.05, 3.63) is 100 Å². The number of hydrogen-bond acceptors (Lipinski definition) is 2. The van der Waals surface area contributed by atoms with Gasteiger partial charge in [-0.3, -0.25) is 4.79 Å². The molecule has 0 spiro atoms. The van der Waals surface area contributed by atoms with Gasteiger partial charge in [-0.2, -0.15) is 0 Å². The third-order valence-electron chi connectivity index (χ3n) is 5.44. The highest BCUT2D eigenvalue weighted by molar-refractivity contribution is 6.30. The summed E-state index contributed by atoms with van der Waals surface area (Å²) in [6, 6.07) is 24.0. The van der Waals surface area contributed by atoms with E-state index in [-0.39, 0.29) is 17.2 Å². The fourth-order valence-corrected chi connectivity index (χ4v) is 3.57. The summed E-state index contributed by atoms with van der Waals surface area (Å²) in [6.07, 6.45) is 1.37. The first-order chi connectivity index (χ1) is 14.3. The first-order valence-corrected chi connectivity index (χ1v) is 10.9. The van der Waals surface area contributed by atoms with Gasteiger partial charge in [-0.1, -0.05) is 87.8 Å². The third kappa shape index (κ3) is 5.73. The van der Waals surface area contributed by atoms with Crippen molar-refractivity contribution in [1.29, 1.82) is 0 Å². The molecule has 0 aliphatic carbocycles. The molecule has 3 heteroatoms. The van der Waals surface area contributed by atoms with Crippen LogP contribution >= 0.6 is 11.6 Å². The largest absolute Gasteiger partial charge is 0.378 e. The molecule has 0 aromatic heterocycles. The van der Waals surface area contributed by atoms with E-state index in [1.807, 2.05) is 36.4 Å². The lowest BCUT2D eigenvalue weighted by Gasteiger charge is -2.21. The summed E-state index contributed by atoms with van der Waals surface area (Å²) in [7, 11) is 0. The van der Waals surface area contributed by atoms with Crippen molar-refractivity contribution in [2.24, 2.45) is 0 Å². The number of halogens is 1. The molecule has 0 bridgehead atoms. The molecule has 1 N–H and O–H groups in total. The average molecular weight is 420 g/mol. The molecular weight excluding hydrogens is 390 g/mol. The second-order valence-electron chi connectivity index (χ2n) is 8.75. The summed E-state index contributed by atoms with van der Waals surface area (Å²) >= 11 is 6.03. The Morgan fingerprint density at radius 2 is 1.50 bits per heavy atom. The van der Waals surface area contributed by atoms with Crippen molar-refractivity contribution >= 4 is 23.1 Å².